The molecule has 3 heteroatoms. The Morgan fingerprint density at radius 3 is 2.47 bits per heavy atom. The maximum Gasteiger partial charge on any atom is 0.132 e. The topological polar surface area (TPSA) is 16.6 Å². The van der Waals surface area contributed by atoms with Gasteiger partial charge in [-0.05, 0) is 18.2 Å². The SMILES string of the molecule is Fc1ccccc1C[NH2+]CCCSc1ccccc1. The second-order valence-corrected chi connectivity index (χ2v) is 5.56. The highest BCUT2D eigenvalue weighted by Crippen LogP contribution is 2.16. The molecule has 0 radical (unpaired) electrons. The molecule has 0 aromatic heterocycles. The first kappa shape index (κ1) is 14.1. The van der Waals surface area contributed by atoms with Crippen LogP contribution >= 0.6 is 11.8 Å². The van der Waals surface area contributed by atoms with E-state index >= 15 is 0 Å². The molecule has 19 heavy (non-hydrogen) atoms. The quantitative estimate of drug-likeness (QED) is 0.607. The zero-order chi connectivity index (χ0) is 13.3. The number of benzene rings is 2. The van der Waals surface area contributed by atoms with Crippen LogP contribution < -0.4 is 5.32 Å². The van der Waals surface area contributed by atoms with Crippen molar-refractivity contribution < 1.29 is 9.71 Å². The molecule has 2 N–H and O–H groups in total. The van der Waals surface area contributed by atoms with Crippen LogP contribution in [0.4, 0.5) is 4.39 Å². The predicted molar refractivity (Wildman–Crippen MR) is 78.7 cm³/mol. The third-order valence-electron chi connectivity index (χ3n) is 2.89. The minimum atomic E-state index is -0.0996. The van der Waals surface area contributed by atoms with Gasteiger partial charge in [-0.2, -0.15) is 0 Å². The molecule has 100 valence electrons. The summed E-state index contributed by atoms with van der Waals surface area (Å²) in [5.74, 6) is 1.01. The van der Waals surface area contributed by atoms with Crippen LogP contribution in [0.15, 0.2) is 59.5 Å². The van der Waals surface area contributed by atoms with Gasteiger partial charge in [0, 0.05) is 22.6 Å². The summed E-state index contributed by atoms with van der Waals surface area (Å²) in [6.45, 7) is 1.76. The van der Waals surface area contributed by atoms with Gasteiger partial charge in [-0.1, -0.05) is 36.4 Å². The molecule has 0 atom stereocenters. The number of hydrogen-bond acceptors (Lipinski definition) is 1. The van der Waals surface area contributed by atoms with E-state index < -0.39 is 0 Å². The highest BCUT2D eigenvalue weighted by Gasteiger charge is 2.01. The predicted octanol–water partition coefficient (Wildman–Crippen LogP) is 3.07. The summed E-state index contributed by atoms with van der Waals surface area (Å²) in [5.41, 5.74) is 0.790. The Kier molecular flexibility index (Phi) is 5.92. The average molecular weight is 276 g/mol. The van der Waals surface area contributed by atoms with Crippen LogP contribution in [-0.4, -0.2) is 12.3 Å². The van der Waals surface area contributed by atoms with Crippen LogP contribution in [0.5, 0.6) is 0 Å². The number of hydrogen-bond donors (Lipinski definition) is 1. The molecule has 0 amide bonds. The molecule has 0 heterocycles. The summed E-state index contributed by atoms with van der Waals surface area (Å²) < 4.78 is 13.4. The highest BCUT2D eigenvalue weighted by atomic mass is 32.2. The third-order valence-corrected chi connectivity index (χ3v) is 3.98. The molecule has 2 rings (SSSR count). The van der Waals surface area contributed by atoms with Crippen LogP contribution in [0.25, 0.3) is 0 Å². The summed E-state index contributed by atoms with van der Waals surface area (Å²) in [7, 11) is 0. The van der Waals surface area contributed by atoms with E-state index in [1.807, 2.05) is 30.0 Å². The van der Waals surface area contributed by atoms with Gasteiger partial charge >= 0.3 is 0 Å². The molecular formula is C16H19FNS+. The molecule has 0 aliphatic rings. The smallest absolute Gasteiger partial charge is 0.132 e. The summed E-state index contributed by atoms with van der Waals surface area (Å²) >= 11 is 1.88. The maximum atomic E-state index is 13.4. The van der Waals surface area contributed by atoms with Gasteiger partial charge < -0.3 is 5.32 Å². The third kappa shape index (κ3) is 5.05. The molecule has 0 saturated heterocycles. The van der Waals surface area contributed by atoms with Gasteiger partial charge in [0.1, 0.15) is 12.4 Å². The highest BCUT2D eigenvalue weighted by molar-refractivity contribution is 7.99. The summed E-state index contributed by atoms with van der Waals surface area (Å²) in [5, 5.41) is 2.17. The summed E-state index contributed by atoms with van der Waals surface area (Å²) in [6, 6.07) is 17.4. The Bertz CT molecular complexity index is 487. The molecule has 0 unspecified atom stereocenters. The molecule has 0 bridgehead atoms. The van der Waals surface area contributed by atoms with Gasteiger partial charge in [0.15, 0.2) is 0 Å². The van der Waals surface area contributed by atoms with Crippen molar-refractivity contribution in [2.24, 2.45) is 0 Å². The minimum Gasteiger partial charge on any atom is -0.342 e. The monoisotopic (exact) mass is 276 g/mol. The Balaban J connectivity index is 1.59. The van der Waals surface area contributed by atoms with Crippen LogP contribution in [0.1, 0.15) is 12.0 Å². The lowest BCUT2D eigenvalue weighted by Gasteiger charge is -2.03. The molecule has 0 spiro atoms. The Labute approximate surface area is 118 Å². The maximum absolute atomic E-state index is 13.4. The summed E-state index contributed by atoms with van der Waals surface area (Å²) in [6.07, 6.45) is 1.13. The van der Waals surface area contributed by atoms with Gasteiger partial charge in [-0.3, -0.25) is 0 Å². The largest absolute Gasteiger partial charge is 0.342 e. The van der Waals surface area contributed by atoms with Crippen molar-refractivity contribution in [3.05, 3.63) is 66.0 Å². The Morgan fingerprint density at radius 2 is 1.68 bits per heavy atom. The van der Waals surface area contributed by atoms with Crippen molar-refractivity contribution in [2.45, 2.75) is 17.9 Å². The molecule has 0 aliphatic heterocycles. The summed E-state index contributed by atoms with van der Waals surface area (Å²) in [4.78, 5) is 1.32. The molecular weight excluding hydrogens is 257 g/mol. The lowest BCUT2D eigenvalue weighted by atomic mass is 10.2. The van der Waals surface area contributed by atoms with Crippen LogP contribution in [-0.2, 0) is 6.54 Å². The first-order valence-corrected chi connectivity index (χ1v) is 7.58. The van der Waals surface area contributed by atoms with Crippen molar-refractivity contribution in [1.29, 1.82) is 0 Å². The number of halogens is 1. The fourth-order valence-corrected chi connectivity index (χ4v) is 2.75. The standard InChI is InChI=1S/C16H18FNS/c17-16-10-5-4-7-14(16)13-18-11-6-12-19-15-8-2-1-3-9-15/h1-5,7-10,18H,6,11-13H2/p+1. The Hall–Kier alpha value is -1.32. The molecule has 0 aliphatic carbocycles. The van der Waals surface area contributed by atoms with Crippen LogP contribution in [0, 0.1) is 5.82 Å². The Morgan fingerprint density at radius 1 is 0.947 bits per heavy atom. The van der Waals surface area contributed by atoms with Gasteiger partial charge in [0.2, 0.25) is 0 Å². The second-order valence-electron chi connectivity index (χ2n) is 4.39. The van der Waals surface area contributed by atoms with Crippen molar-refractivity contribution in [1.82, 2.24) is 0 Å². The van der Waals surface area contributed by atoms with E-state index in [2.05, 4.69) is 29.6 Å². The molecule has 0 saturated carbocycles. The van der Waals surface area contributed by atoms with E-state index in [9.17, 15) is 4.39 Å². The lowest BCUT2D eigenvalue weighted by Crippen LogP contribution is -2.82. The van der Waals surface area contributed by atoms with Crippen LogP contribution in [0.3, 0.4) is 0 Å². The van der Waals surface area contributed by atoms with Gasteiger partial charge in [0.25, 0.3) is 0 Å². The van der Waals surface area contributed by atoms with Crippen LogP contribution in [0.2, 0.25) is 0 Å². The molecule has 2 aromatic rings. The van der Waals surface area contributed by atoms with E-state index in [1.54, 1.807) is 6.07 Å². The minimum absolute atomic E-state index is 0.0996. The number of rotatable bonds is 7. The lowest BCUT2D eigenvalue weighted by molar-refractivity contribution is -0.670. The first-order chi connectivity index (χ1) is 9.36. The molecule has 0 fully saturated rings. The van der Waals surface area contributed by atoms with Crippen molar-refractivity contribution in [3.8, 4) is 0 Å². The fourth-order valence-electron chi connectivity index (χ4n) is 1.86. The number of quaternary nitrogens is 1. The molecule has 2 aromatic carbocycles. The van der Waals surface area contributed by atoms with Crippen molar-refractivity contribution in [3.63, 3.8) is 0 Å². The number of nitrogens with two attached hydrogens (primary N) is 1. The van der Waals surface area contributed by atoms with Gasteiger partial charge in [-0.25, -0.2) is 4.39 Å². The van der Waals surface area contributed by atoms with Crippen molar-refractivity contribution >= 4 is 11.8 Å². The van der Waals surface area contributed by atoms with Gasteiger partial charge in [-0.15, -0.1) is 11.8 Å². The average Bonchev–Trinajstić information content (AvgIpc) is 2.45. The normalized spacial score (nSPS) is 10.6. The number of thioether (sulfide) groups is 1. The van der Waals surface area contributed by atoms with E-state index in [4.69, 9.17) is 0 Å². The fraction of sp³-hybridized carbons (Fsp3) is 0.250. The zero-order valence-corrected chi connectivity index (χ0v) is 11.7. The zero-order valence-electron chi connectivity index (χ0n) is 10.9. The van der Waals surface area contributed by atoms with E-state index in [1.165, 1.54) is 11.0 Å². The van der Waals surface area contributed by atoms with E-state index in [0.717, 1.165) is 30.8 Å². The van der Waals surface area contributed by atoms with Gasteiger partial charge in [0.05, 0.1) is 6.54 Å². The first-order valence-electron chi connectivity index (χ1n) is 6.59. The molecule has 1 nitrogen and oxygen atoms in total. The van der Waals surface area contributed by atoms with Crippen molar-refractivity contribution in [2.75, 3.05) is 12.3 Å². The van der Waals surface area contributed by atoms with E-state index in [-0.39, 0.29) is 5.82 Å². The second kappa shape index (κ2) is 7.97. The van der Waals surface area contributed by atoms with E-state index in [0.29, 0.717) is 0 Å².